The van der Waals surface area contributed by atoms with E-state index in [-0.39, 0.29) is 0 Å². The SMILES string of the molecule is Cc1cc(-c2cccc3c(N)nccc23)ccc1OC(O)C1C(O)C(O)C(CO)C1O. The van der Waals surface area contributed by atoms with Gasteiger partial charge in [0.2, 0.25) is 6.29 Å². The van der Waals surface area contributed by atoms with Crippen molar-refractivity contribution in [1.29, 1.82) is 0 Å². The molecule has 31 heavy (non-hydrogen) atoms. The molecule has 1 fully saturated rings. The Morgan fingerprint density at radius 2 is 1.81 bits per heavy atom. The molecule has 1 heterocycles. The molecule has 1 aliphatic rings. The van der Waals surface area contributed by atoms with Crippen LogP contribution in [0.25, 0.3) is 21.9 Å². The number of aliphatic hydroxyl groups is 5. The zero-order valence-corrected chi connectivity index (χ0v) is 17.0. The van der Waals surface area contributed by atoms with Crippen LogP contribution in [-0.2, 0) is 0 Å². The maximum atomic E-state index is 10.5. The lowest BCUT2D eigenvalue weighted by Gasteiger charge is -2.26. The largest absolute Gasteiger partial charge is 0.464 e. The molecule has 2 aromatic carbocycles. The zero-order chi connectivity index (χ0) is 22.3. The minimum absolute atomic E-state index is 0.374. The summed E-state index contributed by atoms with van der Waals surface area (Å²) < 4.78 is 5.62. The second-order valence-corrected chi connectivity index (χ2v) is 7.98. The number of aryl methyl sites for hydroxylation is 1. The molecular formula is C23H26N2O6. The van der Waals surface area contributed by atoms with Gasteiger partial charge in [0.05, 0.1) is 30.8 Å². The number of nitrogens with two attached hydrogens (primary N) is 1. The van der Waals surface area contributed by atoms with Crippen LogP contribution in [0.2, 0.25) is 0 Å². The molecule has 6 atom stereocenters. The molecule has 0 radical (unpaired) electrons. The number of hydrogen-bond acceptors (Lipinski definition) is 8. The van der Waals surface area contributed by atoms with Gasteiger partial charge in [-0.1, -0.05) is 24.3 Å². The van der Waals surface area contributed by atoms with Gasteiger partial charge >= 0.3 is 0 Å². The fourth-order valence-electron chi connectivity index (χ4n) is 4.36. The van der Waals surface area contributed by atoms with Crippen molar-refractivity contribution < 1.29 is 30.3 Å². The summed E-state index contributed by atoms with van der Waals surface area (Å²) in [6.45, 7) is 1.31. The second-order valence-electron chi connectivity index (χ2n) is 7.98. The minimum atomic E-state index is -1.57. The van der Waals surface area contributed by atoms with Crippen LogP contribution >= 0.6 is 0 Å². The summed E-state index contributed by atoms with van der Waals surface area (Å²) in [5, 5.41) is 52.1. The summed E-state index contributed by atoms with van der Waals surface area (Å²) >= 11 is 0. The fraction of sp³-hybridized carbons (Fsp3) is 0.348. The Morgan fingerprint density at radius 3 is 2.48 bits per heavy atom. The number of aromatic nitrogens is 1. The third-order valence-electron chi connectivity index (χ3n) is 6.13. The Morgan fingerprint density at radius 1 is 1.03 bits per heavy atom. The van der Waals surface area contributed by atoms with Gasteiger partial charge in [0, 0.05) is 17.5 Å². The average molecular weight is 426 g/mol. The highest BCUT2D eigenvalue weighted by molar-refractivity contribution is 6.01. The van der Waals surface area contributed by atoms with Crippen LogP contribution in [0.1, 0.15) is 5.56 Å². The van der Waals surface area contributed by atoms with Gasteiger partial charge in [-0.15, -0.1) is 0 Å². The Balaban J connectivity index is 1.60. The topological polar surface area (TPSA) is 149 Å². The summed E-state index contributed by atoms with van der Waals surface area (Å²) in [4.78, 5) is 4.13. The van der Waals surface area contributed by atoms with E-state index < -0.39 is 43.0 Å². The predicted octanol–water partition coefficient (Wildman–Crippen LogP) is 0.811. The van der Waals surface area contributed by atoms with Crippen molar-refractivity contribution in [3.63, 3.8) is 0 Å². The third kappa shape index (κ3) is 3.73. The highest BCUT2D eigenvalue weighted by Gasteiger charge is 2.52. The van der Waals surface area contributed by atoms with Crippen molar-refractivity contribution in [2.45, 2.75) is 31.5 Å². The first-order valence-corrected chi connectivity index (χ1v) is 10.1. The lowest BCUT2D eigenvalue weighted by atomic mass is 9.97. The molecule has 7 N–H and O–H groups in total. The molecule has 8 nitrogen and oxygen atoms in total. The van der Waals surface area contributed by atoms with E-state index in [4.69, 9.17) is 10.5 Å². The number of hydrogen-bond donors (Lipinski definition) is 6. The molecule has 3 aromatic rings. The number of ether oxygens (including phenoxy) is 1. The first kappa shape index (κ1) is 21.5. The van der Waals surface area contributed by atoms with Crippen molar-refractivity contribution in [3.8, 4) is 16.9 Å². The summed E-state index contributed by atoms with van der Waals surface area (Å²) in [6, 6.07) is 13.1. The first-order valence-electron chi connectivity index (χ1n) is 10.1. The molecule has 0 bridgehead atoms. The number of fused-ring (bicyclic) bond motifs is 1. The number of pyridine rings is 1. The molecular weight excluding hydrogens is 400 g/mol. The molecule has 0 amide bonds. The smallest absolute Gasteiger partial charge is 0.205 e. The number of rotatable bonds is 5. The number of benzene rings is 2. The van der Waals surface area contributed by atoms with Gasteiger partial charge in [-0.3, -0.25) is 0 Å². The predicted molar refractivity (Wildman–Crippen MR) is 115 cm³/mol. The van der Waals surface area contributed by atoms with Gasteiger partial charge in [-0.25, -0.2) is 4.98 Å². The van der Waals surface area contributed by atoms with Crippen molar-refractivity contribution in [2.24, 2.45) is 11.8 Å². The van der Waals surface area contributed by atoms with E-state index in [1.165, 1.54) is 0 Å². The van der Waals surface area contributed by atoms with Crippen LogP contribution in [0, 0.1) is 18.8 Å². The van der Waals surface area contributed by atoms with Crippen molar-refractivity contribution in [2.75, 3.05) is 12.3 Å². The van der Waals surface area contributed by atoms with Crippen LogP contribution < -0.4 is 10.5 Å². The molecule has 164 valence electrons. The second kappa shape index (κ2) is 8.41. The standard InChI is InChI=1S/C23H26N2O6/c1-11-9-12(13-3-2-4-15-14(13)7-8-25-22(15)24)5-6-17(11)31-23(30)18-19(27)16(10-26)20(28)21(18)29/h2-9,16,18-21,23,26-30H,10H2,1H3,(H2,24,25). The van der Waals surface area contributed by atoms with Gasteiger partial charge in [-0.05, 0) is 47.2 Å². The van der Waals surface area contributed by atoms with E-state index in [2.05, 4.69) is 4.98 Å². The van der Waals surface area contributed by atoms with E-state index in [1.807, 2.05) is 43.3 Å². The lowest BCUT2D eigenvalue weighted by molar-refractivity contribution is -0.127. The molecule has 1 aromatic heterocycles. The number of anilines is 1. The molecule has 0 aliphatic heterocycles. The van der Waals surface area contributed by atoms with Crippen LogP contribution in [0.3, 0.4) is 0 Å². The molecule has 1 saturated carbocycles. The number of nitrogens with zero attached hydrogens (tertiary/aromatic N) is 1. The highest BCUT2D eigenvalue weighted by Crippen LogP contribution is 2.37. The molecule has 8 heteroatoms. The molecule has 1 aliphatic carbocycles. The van der Waals surface area contributed by atoms with E-state index in [1.54, 1.807) is 12.3 Å². The van der Waals surface area contributed by atoms with Crippen molar-refractivity contribution in [1.82, 2.24) is 4.98 Å². The van der Waals surface area contributed by atoms with Crippen LogP contribution in [-0.4, -0.2) is 61.7 Å². The summed E-state index contributed by atoms with van der Waals surface area (Å²) in [5.74, 6) is -1.27. The Kier molecular flexibility index (Phi) is 5.83. The highest BCUT2D eigenvalue weighted by atomic mass is 16.6. The monoisotopic (exact) mass is 426 g/mol. The van der Waals surface area contributed by atoms with E-state index in [0.29, 0.717) is 11.6 Å². The summed E-state index contributed by atoms with van der Waals surface area (Å²) in [5.41, 5.74) is 8.62. The molecule has 0 spiro atoms. The van der Waals surface area contributed by atoms with Gasteiger partial charge in [-0.2, -0.15) is 0 Å². The number of nitrogen functional groups attached to an aromatic ring is 1. The minimum Gasteiger partial charge on any atom is -0.464 e. The van der Waals surface area contributed by atoms with E-state index in [9.17, 15) is 25.5 Å². The van der Waals surface area contributed by atoms with Crippen LogP contribution in [0.4, 0.5) is 5.82 Å². The third-order valence-corrected chi connectivity index (χ3v) is 6.13. The van der Waals surface area contributed by atoms with Crippen LogP contribution in [0.5, 0.6) is 5.75 Å². The Labute approximate surface area is 179 Å². The molecule has 0 saturated heterocycles. The first-order chi connectivity index (χ1) is 14.8. The fourth-order valence-corrected chi connectivity index (χ4v) is 4.36. The lowest BCUT2D eigenvalue weighted by Crippen LogP contribution is -2.40. The van der Waals surface area contributed by atoms with Gasteiger partial charge in [0.1, 0.15) is 11.6 Å². The summed E-state index contributed by atoms with van der Waals surface area (Å²) in [6.07, 6.45) is -3.98. The van der Waals surface area contributed by atoms with Crippen LogP contribution in [0.15, 0.2) is 48.7 Å². The number of aliphatic hydroxyl groups excluding tert-OH is 5. The van der Waals surface area contributed by atoms with Crippen molar-refractivity contribution >= 4 is 16.6 Å². The average Bonchev–Trinajstić information content (AvgIpc) is 2.97. The Bertz CT molecular complexity index is 1090. The van der Waals surface area contributed by atoms with Gasteiger partial charge < -0.3 is 36.0 Å². The van der Waals surface area contributed by atoms with E-state index in [0.717, 1.165) is 27.5 Å². The maximum absolute atomic E-state index is 10.5. The zero-order valence-electron chi connectivity index (χ0n) is 17.0. The molecule has 6 unspecified atom stereocenters. The van der Waals surface area contributed by atoms with Crippen molar-refractivity contribution in [3.05, 3.63) is 54.2 Å². The van der Waals surface area contributed by atoms with Gasteiger partial charge in [0.25, 0.3) is 0 Å². The molecule has 4 rings (SSSR count). The van der Waals surface area contributed by atoms with E-state index >= 15 is 0 Å². The van der Waals surface area contributed by atoms with Gasteiger partial charge in [0.15, 0.2) is 0 Å². The maximum Gasteiger partial charge on any atom is 0.205 e. The normalized spacial score (nSPS) is 26.8. The quantitative estimate of drug-likeness (QED) is 0.328. The Hall–Kier alpha value is -2.75. The summed E-state index contributed by atoms with van der Waals surface area (Å²) in [7, 11) is 0.